The van der Waals surface area contributed by atoms with Crippen LogP contribution < -0.4 is 5.73 Å². The van der Waals surface area contributed by atoms with Gasteiger partial charge in [0.15, 0.2) is 0 Å². The van der Waals surface area contributed by atoms with E-state index >= 15 is 0 Å². The van der Waals surface area contributed by atoms with Gasteiger partial charge < -0.3 is 5.73 Å². The Balaban J connectivity index is 2.13. The van der Waals surface area contributed by atoms with Crippen LogP contribution in [-0.4, -0.2) is 5.78 Å². The Morgan fingerprint density at radius 1 is 1.24 bits per heavy atom. The Labute approximate surface area is 103 Å². The van der Waals surface area contributed by atoms with Crippen molar-refractivity contribution in [1.29, 1.82) is 0 Å². The van der Waals surface area contributed by atoms with Gasteiger partial charge in [-0.25, -0.2) is 0 Å². The third-order valence-corrected chi connectivity index (χ3v) is 3.88. The van der Waals surface area contributed by atoms with Crippen molar-refractivity contribution < 1.29 is 4.79 Å². The molecule has 17 heavy (non-hydrogen) atoms. The van der Waals surface area contributed by atoms with E-state index in [2.05, 4.69) is 32.0 Å². The number of rotatable bonds is 2. The highest BCUT2D eigenvalue weighted by Crippen LogP contribution is 2.33. The molecule has 0 saturated heterocycles. The van der Waals surface area contributed by atoms with Gasteiger partial charge in [-0.1, -0.05) is 23.8 Å². The SMILES string of the molecule is Cc1ccc(C(N)C2CCC(=O)CC2)c(C)c1. The van der Waals surface area contributed by atoms with Crippen LogP contribution >= 0.6 is 0 Å². The molecule has 0 heterocycles. The summed E-state index contributed by atoms with van der Waals surface area (Å²) >= 11 is 0. The minimum absolute atomic E-state index is 0.0868. The zero-order valence-electron chi connectivity index (χ0n) is 10.7. The molecule has 1 aliphatic rings. The van der Waals surface area contributed by atoms with Crippen molar-refractivity contribution in [3.63, 3.8) is 0 Å². The van der Waals surface area contributed by atoms with Crippen LogP contribution in [0, 0.1) is 19.8 Å². The maximum Gasteiger partial charge on any atom is 0.132 e. The summed E-state index contributed by atoms with van der Waals surface area (Å²) in [5.41, 5.74) is 10.1. The number of carbonyl (C=O) groups is 1. The standard InChI is InChI=1S/C15H21NO/c1-10-3-8-14(11(2)9-10)15(16)12-4-6-13(17)7-5-12/h3,8-9,12,15H,4-7,16H2,1-2H3. The van der Waals surface area contributed by atoms with Gasteiger partial charge >= 0.3 is 0 Å². The van der Waals surface area contributed by atoms with Crippen LogP contribution in [0.5, 0.6) is 0 Å². The first-order valence-corrected chi connectivity index (χ1v) is 6.42. The first-order chi connectivity index (χ1) is 8.08. The Kier molecular flexibility index (Phi) is 3.63. The predicted molar refractivity (Wildman–Crippen MR) is 69.8 cm³/mol. The lowest BCUT2D eigenvalue weighted by molar-refractivity contribution is -0.121. The Hall–Kier alpha value is -1.15. The minimum Gasteiger partial charge on any atom is -0.324 e. The van der Waals surface area contributed by atoms with Crippen LogP contribution in [0.4, 0.5) is 0 Å². The Morgan fingerprint density at radius 3 is 2.47 bits per heavy atom. The average Bonchev–Trinajstić information content (AvgIpc) is 2.29. The van der Waals surface area contributed by atoms with E-state index in [4.69, 9.17) is 5.73 Å². The highest BCUT2D eigenvalue weighted by Gasteiger charge is 2.25. The average molecular weight is 231 g/mol. The number of benzene rings is 1. The molecular weight excluding hydrogens is 210 g/mol. The number of nitrogens with two attached hydrogens (primary N) is 1. The third-order valence-electron chi connectivity index (χ3n) is 3.88. The molecule has 2 heteroatoms. The Bertz CT molecular complexity index is 415. The minimum atomic E-state index is 0.0868. The van der Waals surface area contributed by atoms with Gasteiger partial charge in [-0.2, -0.15) is 0 Å². The van der Waals surface area contributed by atoms with E-state index < -0.39 is 0 Å². The predicted octanol–water partition coefficient (Wildman–Crippen LogP) is 3.06. The van der Waals surface area contributed by atoms with Crippen molar-refractivity contribution in [2.24, 2.45) is 11.7 Å². The van der Waals surface area contributed by atoms with Crippen molar-refractivity contribution in [2.75, 3.05) is 0 Å². The van der Waals surface area contributed by atoms with Gasteiger partial charge in [0.1, 0.15) is 5.78 Å². The quantitative estimate of drug-likeness (QED) is 0.850. The second-order valence-corrected chi connectivity index (χ2v) is 5.26. The molecule has 1 aliphatic carbocycles. The van der Waals surface area contributed by atoms with Gasteiger partial charge in [-0.15, -0.1) is 0 Å². The fourth-order valence-corrected chi connectivity index (χ4v) is 2.77. The molecular formula is C15H21NO. The molecule has 0 spiro atoms. The number of carbonyl (C=O) groups excluding carboxylic acids is 1. The second-order valence-electron chi connectivity index (χ2n) is 5.26. The Morgan fingerprint density at radius 2 is 1.88 bits per heavy atom. The summed E-state index contributed by atoms with van der Waals surface area (Å²) in [6.07, 6.45) is 3.33. The van der Waals surface area contributed by atoms with Crippen molar-refractivity contribution in [2.45, 2.75) is 45.6 Å². The molecule has 1 saturated carbocycles. The molecule has 0 radical (unpaired) electrons. The van der Waals surface area contributed by atoms with E-state index in [-0.39, 0.29) is 6.04 Å². The normalized spacial score (nSPS) is 19.4. The number of Topliss-reactive ketones (excluding diaryl/α,β-unsaturated/α-hetero) is 1. The van der Waals surface area contributed by atoms with Crippen LogP contribution in [0.15, 0.2) is 18.2 Å². The van der Waals surface area contributed by atoms with E-state index in [1.807, 2.05) is 0 Å². The second kappa shape index (κ2) is 5.01. The molecule has 2 nitrogen and oxygen atoms in total. The first-order valence-electron chi connectivity index (χ1n) is 6.42. The zero-order chi connectivity index (χ0) is 12.4. The van der Waals surface area contributed by atoms with Crippen LogP contribution in [0.25, 0.3) is 0 Å². The molecule has 1 atom stereocenters. The van der Waals surface area contributed by atoms with Crippen molar-refractivity contribution >= 4 is 5.78 Å². The highest BCUT2D eigenvalue weighted by atomic mass is 16.1. The van der Waals surface area contributed by atoms with Crippen molar-refractivity contribution in [1.82, 2.24) is 0 Å². The lowest BCUT2D eigenvalue weighted by Gasteiger charge is -2.28. The number of hydrogen-bond acceptors (Lipinski definition) is 2. The lowest BCUT2D eigenvalue weighted by atomic mass is 9.80. The number of ketones is 1. The molecule has 1 aromatic rings. The maximum absolute atomic E-state index is 11.2. The monoisotopic (exact) mass is 231 g/mol. The topological polar surface area (TPSA) is 43.1 Å². The summed E-state index contributed by atoms with van der Waals surface area (Å²) in [5.74, 6) is 0.864. The zero-order valence-corrected chi connectivity index (χ0v) is 10.7. The molecule has 1 aromatic carbocycles. The summed E-state index contributed by atoms with van der Waals surface area (Å²) in [6.45, 7) is 4.22. The molecule has 1 fully saturated rings. The summed E-state index contributed by atoms with van der Waals surface area (Å²) in [6, 6.07) is 6.54. The smallest absolute Gasteiger partial charge is 0.132 e. The summed E-state index contributed by atoms with van der Waals surface area (Å²) in [4.78, 5) is 11.2. The van der Waals surface area contributed by atoms with E-state index in [9.17, 15) is 4.79 Å². The number of hydrogen-bond donors (Lipinski definition) is 1. The van der Waals surface area contributed by atoms with E-state index in [1.54, 1.807) is 0 Å². The molecule has 0 amide bonds. The van der Waals surface area contributed by atoms with Crippen LogP contribution in [0.3, 0.4) is 0 Å². The van der Waals surface area contributed by atoms with E-state index in [0.29, 0.717) is 24.5 Å². The van der Waals surface area contributed by atoms with Crippen LogP contribution in [0.2, 0.25) is 0 Å². The van der Waals surface area contributed by atoms with Crippen molar-refractivity contribution in [3.05, 3.63) is 34.9 Å². The molecule has 0 bridgehead atoms. The van der Waals surface area contributed by atoms with Gasteiger partial charge in [0.2, 0.25) is 0 Å². The lowest BCUT2D eigenvalue weighted by Crippen LogP contribution is -2.26. The largest absolute Gasteiger partial charge is 0.324 e. The van der Waals surface area contributed by atoms with Gasteiger partial charge in [0.05, 0.1) is 0 Å². The van der Waals surface area contributed by atoms with E-state index in [0.717, 1.165) is 12.8 Å². The first kappa shape index (κ1) is 12.3. The molecule has 1 unspecified atom stereocenters. The van der Waals surface area contributed by atoms with Crippen LogP contribution in [0.1, 0.15) is 48.4 Å². The molecule has 0 aliphatic heterocycles. The maximum atomic E-state index is 11.2. The fraction of sp³-hybridized carbons (Fsp3) is 0.533. The van der Waals surface area contributed by atoms with Gasteiger partial charge in [-0.3, -0.25) is 4.79 Å². The summed E-state index contributed by atoms with van der Waals surface area (Å²) < 4.78 is 0. The highest BCUT2D eigenvalue weighted by molar-refractivity contribution is 5.79. The number of aryl methyl sites for hydroxylation is 2. The molecule has 92 valence electrons. The molecule has 2 N–H and O–H groups in total. The molecule has 2 rings (SSSR count). The molecule has 0 aromatic heterocycles. The fourth-order valence-electron chi connectivity index (χ4n) is 2.77. The van der Waals surface area contributed by atoms with Gasteiger partial charge in [0.25, 0.3) is 0 Å². The van der Waals surface area contributed by atoms with Gasteiger partial charge in [0, 0.05) is 18.9 Å². The van der Waals surface area contributed by atoms with E-state index in [1.165, 1.54) is 16.7 Å². The van der Waals surface area contributed by atoms with Gasteiger partial charge in [-0.05, 0) is 43.7 Å². The summed E-state index contributed by atoms with van der Waals surface area (Å²) in [7, 11) is 0. The third kappa shape index (κ3) is 2.75. The summed E-state index contributed by atoms with van der Waals surface area (Å²) in [5, 5.41) is 0. The van der Waals surface area contributed by atoms with Crippen LogP contribution in [-0.2, 0) is 4.79 Å². The van der Waals surface area contributed by atoms with Crippen molar-refractivity contribution in [3.8, 4) is 0 Å².